The number of sulfonamides is 1. The fourth-order valence-electron chi connectivity index (χ4n) is 2.95. The maximum atomic E-state index is 13.2. The van der Waals surface area contributed by atoms with Gasteiger partial charge >= 0.3 is 5.97 Å². The molecular formula is C19H18ClNO4S. The number of carbonyl (C=O) groups excluding carboxylic acids is 1. The molecule has 2 aromatic rings. The molecule has 1 aliphatic rings. The highest BCUT2D eigenvalue weighted by Crippen LogP contribution is 2.38. The van der Waals surface area contributed by atoms with Gasteiger partial charge in [-0.15, -0.1) is 0 Å². The highest BCUT2D eigenvalue weighted by Gasteiger charge is 2.40. The topological polar surface area (TPSA) is 63.7 Å². The van der Waals surface area contributed by atoms with E-state index in [0.717, 1.165) is 5.56 Å². The van der Waals surface area contributed by atoms with Gasteiger partial charge in [0.2, 0.25) is 10.0 Å². The minimum Gasteiger partial charge on any atom is -0.466 e. The molecule has 1 unspecified atom stereocenters. The first kappa shape index (κ1) is 18.6. The Morgan fingerprint density at radius 2 is 1.73 bits per heavy atom. The number of nitrogens with zero attached hydrogens (tertiary/aromatic N) is 1. The van der Waals surface area contributed by atoms with Gasteiger partial charge < -0.3 is 4.74 Å². The molecule has 5 nitrogen and oxygen atoms in total. The average Bonchev–Trinajstić information content (AvgIpc) is 3.08. The van der Waals surface area contributed by atoms with Crippen molar-refractivity contribution < 1.29 is 17.9 Å². The molecule has 0 N–H and O–H groups in total. The van der Waals surface area contributed by atoms with Crippen LogP contribution >= 0.6 is 11.6 Å². The first-order valence-electron chi connectivity index (χ1n) is 7.97. The number of halogens is 1. The second-order valence-electron chi connectivity index (χ2n) is 5.99. The molecule has 0 aromatic heterocycles. The fraction of sp³-hybridized carbons (Fsp3) is 0.211. The number of aryl methyl sites for hydroxylation is 1. The molecule has 0 amide bonds. The number of hydrogen-bond acceptors (Lipinski definition) is 4. The zero-order chi connectivity index (χ0) is 18.9. The van der Waals surface area contributed by atoms with Gasteiger partial charge in [-0.1, -0.05) is 47.5 Å². The SMILES string of the molecule is COC(=O)C1=CCN(S(=O)(=O)c2ccc(C)cc2)C1c1ccc(Cl)cc1. The van der Waals surface area contributed by atoms with Gasteiger partial charge in [0.05, 0.1) is 23.6 Å². The smallest absolute Gasteiger partial charge is 0.335 e. The van der Waals surface area contributed by atoms with E-state index in [0.29, 0.717) is 16.2 Å². The quantitative estimate of drug-likeness (QED) is 0.748. The Morgan fingerprint density at radius 3 is 2.31 bits per heavy atom. The van der Waals surface area contributed by atoms with Gasteiger partial charge in [-0.25, -0.2) is 13.2 Å². The predicted octanol–water partition coefficient (Wildman–Crippen LogP) is 3.49. The second-order valence-corrected chi connectivity index (χ2v) is 8.32. The van der Waals surface area contributed by atoms with Crippen LogP contribution in [-0.4, -0.2) is 32.3 Å². The van der Waals surface area contributed by atoms with Crippen molar-refractivity contribution in [1.82, 2.24) is 4.31 Å². The van der Waals surface area contributed by atoms with Crippen molar-refractivity contribution in [3.8, 4) is 0 Å². The highest BCUT2D eigenvalue weighted by atomic mass is 35.5. The van der Waals surface area contributed by atoms with Crippen LogP contribution in [0.25, 0.3) is 0 Å². The molecule has 0 saturated carbocycles. The van der Waals surface area contributed by atoms with Crippen LogP contribution in [0.3, 0.4) is 0 Å². The number of benzene rings is 2. The standard InChI is InChI=1S/C19H18ClNO4S/c1-13-3-9-16(10-4-13)26(23,24)21-12-11-17(19(22)25-2)18(21)14-5-7-15(20)8-6-14/h3-11,18H,12H2,1-2H3. The molecule has 2 aromatic carbocycles. The van der Waals surface area contributed by atoms with Crippen LogP contribution in [0.4, 0.5) is 0 Å². The van der Waals surface area contributed by atoms with Crippen LogP contribution in [0.5, 0.6) is 0 Å². The lowest BCUT2D eigenvalue weighted by Crippen LogP contribution is -2.33. The molecule has 0 aliphatic carbocycles. The average molecular weight is 392 g/mol. The summed E-state index contributed by atoms with van der Waals surface area (Å²) < 4.78 is 32.5. The summed E-state index contributed by atoms with van der Waals surface area (Å²) in [6, 6.07) is 12.6. The summed E-state index contributed by atoms with van der Waals surface area (Å²) >= 11 is 5.94. The Hall–Kier alpha value is -2.15. The summed E-state index contributed by atoms with van der Waals surface area (Å²) in [6.07, 6.45) is 1.59. The minimum absolute atomic E-state index is 0.0912. The molecule has 0 bridgehead atoms. The molecule has 0 spiro atoms. The maximum Gasteiger partial charge on any atom is 0.335 e. The van der Waals surface area contributed by atoms with Gasteiger partial charge in [0.25, 0.3) is 0 Å². The number of rotatable bonds is 4. The predicted molar refractivity (Wildman–Crippen MR) is 99.4 cm³/mol. The van der Waals surface area contributed by atoms with Gasteiger partial charge in [-0.05, 0) is 36.8 Å². The monoisotopic (exact) mass is 391 g/mol. The molecule has 136 valence electrons. The van der Waals surface area contributed by atoms with Crippen LogP contribution in [0, 0.1) is 6.92 Å². The fourth-order valence-corrected chi connectivity index (χ4v) is 4.61. The van der Waals surface area contributed by atoms with Crippen molar-refractivity contribution in [2.75, 3.05) is 13.7 Å². The van der Waals surface area contributed by atoms with Gasteiger partial charge in [0.15, 0.2) is 0 Å². The molecule has 0 fully saturated rings. The lowest BCUT2D eigenvalue weighted by atomic mass is 10.0. The van der Waals surface area contributed by atoms with Crippen molar-refractivity contribution in [2.45, 2.75) is 17.9 Å². The largest absolute Gasteiger partial charge is 0.466 e. The molecular weight excluding hydrogens is 374 g/mol. The van der Waals surface area contributed by atoms with Crippen LogP contribution in [0.15, 0.2) is 65.1 Å². The van der Waals surface area contributed by atoms with Gasteiger partial charge in [0.1, 0.15) is 0 Å². The zero-order valence-electron chi connectivity index (χ0n) is 14.3. The molecule has 0 radical (unpaired) electrons. The third-order valence-corrected chi connectivity index (χ3v) is 6.41. The van der Waals surface area contributed by atoms with Crippen LogP contribution in [-0.2, 0) is 19.6 Å². The first-order chi connectivity index (χ1) is 12.3. The van der Waals surface area contributed by atoms with E-state index in [2.05, 4.69) is 0 Å². The summed E-state index contributed by atoms with van der Waals surface area (Å²) in [5.74, 6) is -0.549. The highest BCUT2D eigenvalue weighted by molar-refractivity contribution is 7.89. The van der Waals surface area contributed by atoms with Crippen molar-refractivity contribution in [1.29, 1.82) is 0 Å². The van der Waals surface area contributed by atoms with Crippen LogP contribution in [0.2, 0.25) is 5.02 Å². The molecule has 1 heterocycles. The summed E-state index contributed by atoms with van der Waals surface area (Å²) in [7, 11) is -2.52. The van der Waals surface area contributed by atoms with Gasteiger partial charge in [-0.2, -0.15) is 4.31 Å². The molecule has 26 heavy (non-hydrogen) atoms. The second kappa shape index (κ2) is 7.23. The summed E-state index contributed by atoms with van der Waals surface area (Å²) in [6.45, 7) is 1.98. The molecule has 0 saturated heterocycles. The third kappa shape index (κ3) is 3.40. The number of methoxy groups -OCH3 is 1. The number of ether oxygens (including phenoxy) is 1. The summed E-state index contributed by atoms with van der Waals surface area (Å²) in [5.41, 5.74) is 1.91. The summed E-state index contributed by atoms with van der Waals surface area (Å²) in [5, 5.41) is 0.531. The number of esters is 1. The van der Waals surface area contributed by atoms with E-state index in [1.807, 2.05) is 6.92 Å². The first-order valence-corrected chi connectivity index (χ1v) is 9.78. The maximum absolute atomic E-state index is 13.2. The van der Waals surface area contributed by atoms with Gasteiger partial charge in [-0.3, -0.25) is 0 Å². The van der Waals surface area contributed by atoms with Gasteiger partial charge in [0, 0.05) is 11.6 Å². The van der Waals surface area contributed by atoms with Crippen molar-refractivity contribution in [3.05, 3.63) is 76.3 Å². The minimum atomic E-state index is -3.80. The lowest BCUT2D eigenvalue weighted by Gasteiger charge is -2.26. The molecule has 1 aliphatic heterocycles. The van der Waals surface area contributed by atoms with Crippen LogP contribution < -0.4 is 0 Å². The lowest BCUT2D eigenvalue weighted by molar-refractivity contribution is -0.136. The van der Waals surface area contributed by atoms with E-state index < -0.39 is 22.0 Å². The molecule has 1 atom stereocenters. The van der Waals surface area contributed by atoms with Crippen LogP contribution in [0.1, 0.15) is 17.2 Å². The van der Waals surface area contributed by atoms with E-state index in [-0.39, 0.29) is 11.4 Å². The van der Waals surface area contributed by atoms with Crippen molar-refractivity contribution in [3.63, 3.8) is 0 Å². The Kier molecular flexibility index (Phi) is 5.18. The van der Waals surface area contributed by atoms with Crippen molar-refractivity contribution >= 4 is 27.6 Å². The molecule has 3 rings (SSSR count). The van der Waals surface area contributed by atoms with Crippen molar-refractivity contribution in [2.24, 2.45) is 0 Å². The van der Waals surface area contributed by atoms with E-state index in [4.69, 9.17) is 16.3 Å². The van der Waals surface area contributed by atoms with E-state index in [1.54, 1.807) is 54.6 Å². The third-order valence-electron chi connectivity index (χ3n) is 4.31. The Labute approximate surface area is 157 Å². The Morgan fingerprint density at radius 1 is 1.12 bits per heavy atom. The summed E-state index contributed by atoms with van der Waals surface area (Å²) in [4.78, 5) is 12.4. The van der Waals surface area contributed by atoms with E-state index >= 15 is 0 Å². The molecule has 7 heteroatoms. The zero-order valence-corrected chi connectivity index (χ0v) is 15.9. The van der Waals surface area contributed by atoms with E-state index in [1.165, 1.54) is 11.4 Å². The number of carbonyl (C=O) groups is 1. The Balaban J connectivity index is 2.06. The number of hydrogen-bond donors (Lipinski definition) is 0. The Bertz CT molecular complexity index is 950. The normalized spacial score (nSPS) is 17.8. The van der Waals surface area contributed by atoms with E-state index in [9.17, 15) is 13.2 Å².